The molecule has 1 saturated heterocycles. The van der Waals surface area contributed by atoms with Gasteiger partial charge >= 0.3 is 0 Å². The topological polar surface area (TPSA) is 15.3 Å². The molecule has 1 unspecified atom stereocenters. The molecule has 2 rings (SSSR count). The van der Waals surface area contributed by atoms with Gasteiger partial charge in [0.05, 0.1) is 0 Å². The number of hydrogen-bond acceptors (Lipinski definition) is 2. The van der Waals surface area contributed by atoms with Crippen LogP contribution in [-0.2, 0) is 6.54 Å². The molecule has 0 aromatic heterocycles. The van der Waals surface area contributed by atoms with Crippen molar-refractivity contribution in [3.63, 3.8) is 0 Å². The van der Waals surface area contributed by atoms with E-state index in [-0.39, 0.29) is 5.82 Å². The summed E-state index contributed by atoms with van der Waals surface area (Å²) in [6, 6.07) is 5.71. The van der Waals surface area contributed by atoms with Gasteiger partial charge in [0.2, 0.25) is 0 Å². The van der Waals surface area contributed by atoms with Gasteiger partial charge < -0.3 is 5.32 Å². The minimum atomic E-state index is -0.105. The van der Waals surface area contributed by atoms with E-state index >= 15 is 0 Å². The summed E-state index contributed by atoms with van der Waals surface area (Å²) in [6.07, 6.45) is 3.70. The maximum atomic E-state index is 13.8. The molecule has 0 amide bonds. The van der Waals surface area contributed by atoms with E-state index in [1.54, 1.807) is 6.07 Å². The van der Waals surface area contributed by atoms with Crippen molar-refractivity contribution in [2.24, 2.45) is 0 Å². The third-order valence-electron chi connectivity index (χ3n) is 3.57. The fourth-order valence-corrected chi connectivity index (χ4v) is 3.03. The predicted octanol–water partition coefficient (Wildman–Crippen LogP) is 3.16. The summed E-state index contributed by atoms with van der Waals surface area (Å²) in [5.74, 6) is -0.105. The van der Waals surface area contributed by atoms with Crippen LogP contribution >= 0.6 is 15.9 Å². The lowest BCUT2D eigenvalue weighted by atomic mass is 10.0. The molecule has 1 aromatic rings. The van der Waals surface area contributed by atoms with Crippen molar-refractivity contribution in [3.05, 3.63) is 34.1 Å². The van der Waals surface area contributed by atoms with Gasteiger partial charge in [0.25, 0.3) is 0 Å². The van der Waals surface area contributed by atoms with E-state index in [1.807, 2.05) is 13.1 Å². The van der Waals surface area contributed by atoms with E-state index in [0.717, 1.165) is 23.1 Å². The summed E-state index contributed by atoms with van der Waals surface area (Å²) >= 11 is 3.41. The zero-order chi connectivity index (χ0) is 13.0. The van der Waals surface area contributed by atoms with Crippen LogP contribution in [0.15, 0.2) is 22.7 Å². The molecule has 0 spiro atoms. The quantitative estimate of drug-likeness (QED) is 0.918. The molecule has 1 aromatic carbocycles. The molecule has 100 valence electrons. The maximum absolute atomic E-state index is 13.8. The molecule has 1 aliphatic heterocycles. The first-order chi connectivity index (χ1) is 8.70. The van der Waals surface area contributed by atoms with Crippen molar-refractivity contribution in [1.29, 1.82) is 0 Å². The smallest absolute Gasteiger partial charge is 0.127 e. The molecule has 1 fully saturated rings. The lowest BCUT2D eigenvalue weighted by molar-refractivity contribution is 0.137. The van der Waals surface area contributed by atoms with E-state index in [0.29, 0.717) is 12.6 Å². The van der Waals surface area contributed by atoms with Crippen LogP contribution in [0.4, 0.5) is 4.39 Å². The van der Waals surface area contributed by atoms with Crippen LogP contribution in [0.5, 0.6) is 0 Å². The average molecular weight is 315 g/mol. The third kappa shape index (κ3) is 3.53. The number of hydrogen-bond donors (Lipinski definition) is 1. The summed E-state index contributed by atoms with van der Waals surface area (Å²) in [6.45, 7) is 2.76. The Morgan fingerprint density at radius 1 is 1.44 bits per heavy atom. The van der Waals surface area contributed by atoms with Crippen molar-refractivity contribution in [3.8, 4) is 0 Å². The zero-order valence-corrected chi connectivity index (χ0v) is 12.3. The first-order valence-electron chi connectivity index (χ1n) is 6.53. The van der Waals surface area contributed by atoms with E-state index in [1.165, 1.54) is 25.3 Å². The van der Waals surface area contributed by atoms with Crippen LogP contribution in [-0.4, -0.2) is 31.1 Å². The van der Waals surface area contributed by atoms with Crippen molar-refractivity contribution in [2.45, 2.75) is 31.8 Å². The maximum Gasteiger partial charge on any atom is 0.127 e. The standard InChI is InChI=1S/C14H20BrFN2/c1-17-9-13-4-2-3-7-18(13)10-11-8-12(15)5-6-14(11)16/h5-6,8,13,17H,2-4,7,9-10H2,1H3. The lowest BCUT2D eigenvalue weighted by Gasteiger charge is -2.35. The van der Waals surface area contributed by atoms with Crippen LogP contribution < -0.4 is 5.32 Å². The van der Waals surface area contributed by atoms with Crippen molar-refractivity contribution in [1.82, 2.24) is 10.2 Å². The first kappa shape index (κ1) is 14.0. The number of benzene rings is 1. The Hall–Kier alpha value is -0.450. The molecular formula is C14H20BrFN2. The monoisotopic (exact) mass is 314 g/mol. The Kier molecular flexibility index (Phi) is 5.15. The highest BCUT2D eigenvalue weighted by molar-refractivity contribution is 9.10. The SMILES string of the molecule is CNCC1CCCCN1Cc1cc(Br)ccc1F. The number of piperidine rings is 1. The van der Waals surface area contributed by atoms with E-state index in [2.05, 4.69) is 26.1 Å². The number of nitrogens with zero attached hydrogens (tertiary/aromatic N) is 1. The highest BCUT2D eigenvalue weighted by Crippen LogP contribution is 2.22. The Labute approximate surface area is 117 Å². The van der Waals surface area contributed by atoms with E-state index < -0.39 is 0 Å². The van der Waals surface area contributed by atoms with Gasteiger partial charge in [0.15, 0.2) is 0 Å². The molecule has 0 aliphatic carbocycles. The number of likely N-dealkylation sites (tertiary alicyclic amines) is 1. The Morgan fingerprint density at radius 2 is 2.28 bits per heavy atom. The summed E-state index contributed by atoms with van der Waals surface area (Å²) in [5, 5.41) is 3.23. The number of likely N-dealkylation sites (N-methyl/N-ethyl adjacent to an activating group) is 1. The van der Waals surface area contributed by atoms with Gasteiger partial charge in [-0.05, 0) is 44.6 Å². The second-order valence-corrected chi connectivity index (χ2v) is 5.83. The largest absolute Gasteiger partial charge is 0.318 e. The van der Waals surface area contributed by atoms with Crippen molar-refractivity contribution in [2.75, 3.05) is 20.1 Å². The Balaban J connectivity index is 2.08. The molecule has 0 bridgehead atoms. The van der Waals surface area contributed by atoms with E-state index in [9.17, 15) is 4.39 Å². The van der Waals surface area contributed by atoms with Gasteiger partial charge in [0, 0.05) is 29.2 Å². The summed E-state index contributed by atoms with van der Waals surface area (Å²) in [5.41, 5.74) is 0.785. The van der Waals surface area contributed by atoms with Crippen LogP contribution in [0, 0.1) is 5.82 Å². The first-order valence-corrected chi connectivity index (χ1v) is 7.32. The molecule has 0 radical (unpaired) electrons. The summed E-state index contributed by atoms with van der Waals surface area (Å²) < 4.78 is 14.7. The van der Waals surface area contributed by atoms with Gasteiger partial charge in [-0.3, -0.25) is 4.90 Å². The molecular weight excluding hydrogens is 295 g/mol. The molecule has 4 heteroatoms. The third-order valence-corrected chi connectivity index (χ3v) is 4.06. The molecule has 1 N–H and O–H groups in total. The lowest BCUT2D eigenvalue weighted by Crippen LogP contribution is -2.44. The second kappa shape index (κ2) is 6.64. The number of rotatable bonds is 4. The molecule has 0 saturated carbocycles. The molecule has 18 heavy (non-hydrogen) atoms. The van der Waals surface area contributed by atoms with Gasteiger partial charge in [-0.1, -0.05) is 22.4 Å². The van der Waals surface area contributed by atoms with Crippen molar-refractivity contribution >= 4 is 15.9 Å². The predicted molar refractivity (Wildman–Crippen MR) is 76.1 cm³/mol. The van der Waals surface area contributed by atoms with Gasteiger partial charge in [-0.2, -0.15) is 0 Å². The van der Waals surface area contributed by atoms with Crippen LogP contribution in [0.2, 0.25) is 0 Å². The van der Waals surface area contributed by atoms with Crippen LogP contribution in [0.1, 0.15) is 24.8 Å². The Bertz CT molecular complexity index is 395. The number of halogens is 2. The highest BCUT2D eigenvalue weighted by Gasteiger charge is 2.22. The molecule has 1 heterocycles. The minimum Gasteiger partial charge on any atom is -0.318 e. The molecule has 1 aliphatic rings. The summed E-state index contributed by atoms with van der Waals surface area (Å²) in [7, 11) is 1.98. The summed E-state index contributed by atoms with van der Waals surface area (Å²) in [4.78, 5) is 2.39. The normalized spacial score (nSPS) is 21.2. The fourth-order valence-electron chi connectivity index (χ4n) is 2.62. The van der Waals surface area contributed by atoms with Crippen LogP contribution in [0.25, 0.3) is 0 Å². The minimum absolute atomic E-state index is 0.105. The van der Waals surface area contributed by atoms with Crippen LogP contribution in [0.3, 0.4) is 0 Å². The second-order valence-electron chi connectivity index (χ2n) is 4.91. The number of nitrogens with one attached hydrogen (secondary N) is 1. The zero-order valence-electron chi connectivity index (χ0n) is 10.8. The Morgan fingerprint density at radius 3 is 3.06 bits per heavy atom. The van der Waals surface area contributed by atoms with Gasteiger partial charge in [0.1, 0.15) is 5.82 Å². The van der Waals surface area contributed by atoms with Gasteiger partial charge in [-0.15, -0.1) is 0 Å². The van der Waals surface area contributed by atoms with Gasteiger partial charge in [-0.25, -0.2) is 4.39 Å². The highest BCUT2D eigenvalue weighted by atomic mass is 79.9. The molecule has 2 nitrogen and oxygen atoms in total. The van der Waals surface area contributed by atoms with E-state index in [4.69, 9.17) is 0 Å². The molecule has 1 atom stereocenters. The average Bonchev–Trinajstić information content (AvgIpc) is 2.36. The van der Waals surface area contributed by atoms with Crippen molar-refractivity contribution < 1.29 is 4.39 Å². The fraction of sp³-hybridized carbons (Fsp3) is 0.571.